The van der Waals surface area contributed by atoms with Crippen LogP contribution in [0.5, 0.6) is 0 Å². The van der Waals surface area contributed by atoms with Crippen molar-refractivity contribution in [3.8, 4) is 0 Å². The fourth-order valence-corrected chi connectivity index (χ4v) is 2.84. The zero-order chi connectivity index (χ0) is 14.5. The van der Waals surface area contributed by atoms with E-state index in [0.717, 1.165) is 11.6 Å². The largest absolute Gasteiger partial charge is 0.481 e. The first-order valence-electron chi connectivity index (χ1n) is 6.55. The summed E-state index contributed by atoms with van der Waals surface area (Å²) >= 11 is 1.52. The number of hydrogen-bond acceptors (Lipinski definition) is 4. The number of thiazole rings is 1. The van der Waals surface area contributed by atoms with E-state index in [-0.39, 0.29) is 6.42 Å². The molecule has 5 heteroatoms. The summed E-state index contributed by atoms with van der Waals surface area (Å²) in [7, 11) is 0. The summed E-state index contributed by atoms with van der Waals surface area (Å²) in [4.78, 5) is 17.3. The number of aryl methyl sites for hydroxylation is 1. The van der Waals surface area contributed by atoms with Gasteiger partial charge in [-0.3, -0.25) is 4.79 Å². The second kappa shape index (κ2) is 6.52. The molecular formula is C15H18N2O2S. The number of nitrogens with zero attached hydrogens (tertiary/aromatic N) is 2. The maximum atomic E-state index is 10.7. The average molecular weight is 290 g/mol. The van der Waals surface area contributed by atoms with Crippen LogP contribution in [0.3, 0.4) is 0 Å². The Balaban J connectivity index is 2.10. The molecule has 0 aliphatic carbocycles. The zero-order valence-corrected chi connectivity index (χ0v) is 12.5. The highest BCUT2D eigenvalue weighted by Crippen LogP contribution is 2.20. The van der Waals surface area contributed by atoms with Crippen molar-refractivity contribution in [3.05, 3.63) is 45.9 Å². The molecule has 0 aliphatic rings. The van der Waals surface area contributed by atoms with Crippen LogP contribution in [0.1, 0.15) is 23.2 Å². The molecule has 0 fully saturated rings. The standard InChI is InChI=1S/C15H18N2O2S/c1-3-17(13-6-4-5-11(2)7-13)9-14-16-12(10-20-14)8-15(18)19/h4-7,10H,3,8-9H2,1-2H3,(H,18,19). The maximum absolute atomic E-state index is 10.7. The molecule has 106 valence electrons. The molecule has 1 aromatic heterocycles. The van der Waals surface area contributed by atoms with Crippen LogP contribution < -0.4 is 4.90 Å². The Morgan fingerprint density at radius 1 is 1.45 bits per heavy atom. The van der Waals surface area contributed by atoms with Gasteiger partial charge in [0.05, 0.1) is 18.7 Å². The summed E-state index contributed by atoms with van der Waals surface area (Å²) in [5.41, 5.74) is 3.03. The average Bonchev–Trinajstić information content (AvgIpc) is 2.82. The molecule has 0 saturated carbocycles. The Hall–Kier alpha value is -1.88. The Labute approximate surface area is 122 Å². The first-order valence-corrected chi connectivity index (χ1v) is 7.43. The molecule has 20 heavy (non-hydrogen) atoms. The highest BCUT2D eigenvalue weighted by molar-refractivity contribution is 7.09. The van der Waals surface area contributed by atoms with Gasteiger partial charge in [0.25, 0.3) is 0 Å². The number of rotatable bonds is 6. The van der Waals surface area contributed by atoms with Crippen molar-refractivity contribution in [2.75, 3.05) is 11.4 Å². The Morgan fingerprint density at radius 3 is 2.90 bits per heavy atom. The molecule has 0 unspecified atom stereocenters. The second-order valence-corrected chi connectivity index (χ2v) is 5.60. The third-order valence-corrected chi connectivity index (χ3v) is 3.89. The molecule has 1 heterocycles. The van der Waals surface area contributed by atoms with E-state index in [1.807, 2.05) is 11.4 Å². The molecule has 0 spiro atoms. The van der Waals surface area contributed by atoms with E-state index < -0.39 is 5.97 Å². The molecule has 2 aromatic rings. The Morgan fingerprint density at radius 2 is 2.25 bits per heavy atom. The second-order valence-electron chi connectivity index (χ2n) is 4.66. The lowest BCUT2D eigenvalue weighted by Gasteiger charge is -2.22. The summed E-state index contributed by atoms with van der Waals surface area (Å²) in [6, 6.07) is 8.36. The van der Waals surface area contributed by atoms with Gasteiger partial charge in [-0.2, -0.15) is 0 Å². The monoisotopic (exact) mass is 290 g/mol. The van der Waals surface area contributed by atoms with Gasteiger partial charge in [0.2, 0.25) is 0 Å². The van der Waals surface area contributed by atoms with Crippen LogP contribution in [-0.2, 0) is 17.8 Å². The number of carbonyl (C=O) groups is 1. The molecule has 0 amide bonds. The van der Waals surface area contributed by atoms with Crippen molar-refractivity contribution in [2.45, 2.75) is 26.8 Å². The zero-order valence-electron chi connectivity index (χ0n) is 11.7. The minimum Gasteiger partial charge on any atom is -0.481 e. The van der Waals surface area contributed by atoms with E-state index in [1.165, 1.54) is 22.6 Å². The van der Waals surface area contributed by atoms with E-state index >= 15 is 0 Å². The Bertz CT molecular complexity index is 595. The molecule has 0 aliphatic heterocycles. The van der Waals surface area contributed by atoms with E-state index in [4.69, 9.17) is 5.11 Å². The van der Waals surface area contributed by atoms with Crippen LogP contribution in [0.2, 0.25) is 0 Å². The van der Waals surface area contributed by atoms with Crippen LogP contribution in [0.4, 0.5) is 5.69 Å². The van der Waals surface area contributed by atoms with E-state index in [0.29, 0.717) is 12.2 Å². The van der Waals surface area contributed by atoms with Crippen LogP contribution in [-0.4, -0.2) is 22.6 Å². The molecule has 1 aromatic carbocycles. The molecule has 0 atom stereocenters. The van der Waals surface area contributed by atoms with Gasteiger partial charge in [0.15, 0.2) is 0 Å². The van der Waals surface area contributed by atoms with Crippen molar-refractivity contribution in [2.24, 2.45) is 0 Å². The first kappa shape index (κ1) is 14.5. The predicted molar refractivity (Wildman–Crippen MR) is 81.4 cm³/mol. The summed E-state index contributed by atoms with van der Waals surface area (Å²) in [5.74, 6) is -0.840. The van der Waals surface area contributed by atoms with E-state index in [2.05, 4.69) is 41.9 Å². The number of aromatic nitrogens is 1. The fourth-order valence-electron chi connectivity index (χ4n) is 2.03. The lowest BCUT2D eigenvalue weighted by Crippen LogP contribution is -2.22. The number of anilines is 1. The van der Waals surface area contributed by atoms with Crippen LogP contribution in [0.25, 0.3) is 0 Å². The minimum absolute atomic E-state index is 0.00687. The number of hydrogen-bond donors (Lipinski definition) is 1. The third-order valence-electron chi connectivity index (χ3n) is 3.01. The van der Waals surface area contributed by atoms with E-state index in [9.17, 15) is 4.79 Å². The van der Waals surface area contributed by atoms with Crippen molar-refractivity contribution in [1.29, 1.82) is 0 Å². The van der Waals surface area contributed by atoms with Crippen molar-refractivity contribution >= 4 is 23.0 Å². The first-order chi connectivity index (χ1) is 9.58. The maximum Gasteiger partial charge on any atom is 0.309 e. The number of carboxylic acids is 1. The molecule has 0 bridgehead atoms. The normalized spacial score (nSPS) is 10.5. The lowest BCUT2D eigenvalue weighted by atomic mass is 10.2. The molecule has 0 saturated heterocycles. The van der Waals surface area contributed by atoms with Gasteiger partial charge in [-0.05, 0) is 31.5 Å². The van der Waals surface area contributed by atoms with Crippen LogP contribution in [0.15, 0.2) is 29.6 Å². The van der Waals surface area contributed by atoms with Crippen molar-refractivity contribution in [1.82, 2.24) is 4.98 Å². The summed E-state index contributed by atoms with van der Waals surface area (Å²) in [6.45, 7) is 5.78. The van der Waals surface area contributed by atoms with Gasteiger partial charge < -0.3 is 10.0 Å². The Kier molecular flexibility index (Phi) is 4.74. The third kappa shape index (κ3) is 3.81. The van der Waals surface area contributed by atoms with Gasteiger partial charge in [-0.15, -0.1) is 11.3 Å². The SMILES string of the molecule is CCN(Cc1nc(CC(=O)O)cs1)c1cccc(C)c1. The van der Waals surface area contributed by atoms with Gasteiger partial charge in [-0.25, -0.2) is 4.98 Å². The summed E-state index contributed by atoms with van der Waals surface area (Å²) in [6.07, 6.45) is -0.00687. The van der Waals surface area contributed by atoms with Gasteiger partial charge in [-0.1, -0.05) is 12.1 Å². The van der Waals surface area contributed by atoms with Crippen molar-refractivity contribution < 1.29 is 9.90 Å². The predicted octanol–water partition coefficient (Wildman–Crippen LogP) is 3.11. The van der Waals surface area contributed by atoms with Gasteiger partial charge >= 0.3 is 5.97 Å². The molecule has 2 rings (SSSR count). The molecule has 0 radical (unpaired) electrons. The quantitative estimate of drug-likeness (QED) is 0.888. The van der Waals surface area contributed by atoms with E-state index in [1.54, 1.807) is 0 Å². The highest BCUT2D eigenvalue weighted by atomic mass is 32.1. The number of carboxylic acid groups (broad SMARTS) is 1. The van der Waals surface area contributed by atoms with Crippen LogP contribution in [0, 0.1) is 6.92 Å². The molecular weight excluding hydrogens is 272 g/mol. The topological polar surface area (TPSA) is 53.4 Å². The van der Waals surface area contributed by atoms with Gasteiger partial charge in [0, 0.05) is 17.6 Å². The number of aliphatic carboxylic acids is 1. The number of benzene rings is 1. The summed E-state index contributed by atoms with van der Waals surface area (Å²) < 4.78 is 0. The highest BCUT2D eigenvalue weighted by Gasteiger charge is 2.10. The minimum atomic E-state index is -0.840. The summed E-state index contributed by atoms with van der Waals surface area (Å²) in [5, 5.41) is 11.5. The van der Waals surface area contributed by atoms with Crippen LogP contribution >= 0.6 is 11.3 Å². The van der Waals surface area contributed by atoms with Gasteiger partial charge in [0.1, 0.15) is 5.01 Å². The lowest BCUT2D eigenvalue weighted by molar-refractivity contribution is -0.136. The molecule has 4 nitrogen and oxygen atoms in total. The molecule has 1 N–H and O–H groups in total. The van der Waals surface area contributed by atoms with Crippen molar-refractivity contribution in [3.63, 3.8) is 0 Å². The fraction of sp³-hybridized carbons (Fsp3) is 0.333. The smallest absolute Gasteiger partial charge is 0.309 e.